The number of ketones is 1. The number of Topliss-reactive ketones (excluding diaryl/α,β-unsaturated/α-hetero) is 1. The Labute approximate surface area is 203 Å². The molecule has 0 saturated heterocycles. The molecule has 2 heterocycles. The SMILES string of the molecule is Cc1ccc(CC(=O)C[C@H](CC(C)C)c2nnc(-c3cc(CC(C)C)on3)n2C2CC2)c(C)c1. The summed E-state index contributed by atoms with van der Waals surface area (Å²) in [6, 6.07) is 8.70. The maximum absolute atomic E-state index is 13.2. The van der Waals surface area contributed by atoms with Gasteiger partial charge in [0.1, 0.15) is 17.4 Å². The molecule has 2 aromatic heterocycles. The van der Waals surface area contributed by atoms with Gasteiger partial charge >= 0.3 is 0 Å². The lowest BCUT2D eigenvalue weighted by atomic mass is 9.89. The molecule has 34 heavy (non-hydrogen) atoms. The molecular weight excluding hydrogens is 424 g/mol. The van der Waals surface area contributed by atoms with Crippen LogP contribution < -0.4 is 0 Å². The fraction of sp³-hybridized carbons (Fsp3) is 0.571. The van der Waals surface area contributed by atoms with Gasteiger partial charge in [0.15, 0.2) is 11.5 Å². The third-order valence-corrected chi connectivity index (χ3v) is 6.51. The van der Waals surface area contributed by atoms with Crippen molar-refractivity contribution < 1.29 is 9.32 Å². The summed E-state index contributed by atoms with van der Waals surface area (Å²) < 4.78 is 7.83. The average molecular weight is 463 g/mol. The number of benzene rings is 1. The minimum Gasteiger partial charge on any atom is -0.361 e. The van der Waals surface area contributed by atoms with Crippen LogP contribution >= 0.6 is 0 Å². The minimum absolute atomic E-state index is 0.0436. The average Bonchev–Trinajstić information content (AvgIpc) is 3.32. The molecule has 0 N–H and O–H groups in total. The van der Waals surface area contributed by atoms with Gasteiger partial charge in [-0.15, -0.1) is 10.2 Å². The van der Waals surface area contributed by atoms with Crippen LogP contribution in [0, 0.1) is 25.7 Å². The van der Waals surface area contributed by atoms with E-state index in [1.54, 1.807) is 0 Å². The van der Waals surface area contributed by atoms with Crippen LogP contribution in [-0.4, -0.2) is 25.7 Å². The van der Waals surface area contributed by atoms with Gasteiger partial charge < -0.3 is 9.09 Å². The number of rotatable bonds is 11. The molecule has 1 aromatic carbocycles. The summed E-state index contributed by atoms with van der Waals surface area (Å²) in [6.45, 7) is 12.9. The number of carbonyl (C=O) groups is 1. The largest absolute Gasteiger partial charge is 0.361 e. The Balaban J connectivity index is 1.60. The smallest absolute Gasteiger partial charge is 0.186 e. The summed E-state index contributed by atoms with van der Waals surface area (Å²) in [6.07, 6.45) is 4.92. The lowest BCUT2D eigenvalue weighted by molar-refractivity contribution is -0.118. The van der Waals surface area contributed by atoms with Gasteiger partial charge in [-0.2, -0.15) is 0 Å². The second kappa shape index (κ2) is 10.2. The van der Waals surface area contributed by atoms with Crippen molar-refractivity contribution in [3.8, 4) is 11.5 Å². The second-order valence-corrected chi connectivity index (χ2v) is 10.9. The topological polar surface area (TPSA) is 73.8 Å². The Hall–Kier alpha value is -2.76. The van der Waals surface area contributed by atoms with E-state index in [1.165, 1.54) is 11.1 Å². The number of carbonyl (C=O) groups excluding carboxylic acids is 1. The van der Waals surface area contributed by atoms with Gasteiger partial charge in [-0.1, -0.05) is 56.6 Å². The van der Waals surface area contributed by atoms with Crippen molar-refractivity contribution in [2.24, 2.45) is 11.8 Å². The molecule has 1 fully saturated rings. The molecule has 1 aliphatic rings. The van der Waals surface area contributed by atoms with E-state index in [4.69, 9.17) is 4.52 Å². The van der Waals surface area contributed by atoms with E-state index in [9.17, 15) is 4.79 Å². The highest BCUT2D eigenvalue weighted by Gasteiger charge is 2.34. The molecule has 3 aromatic rings. The van der Waals surface area contributed by atoms with E-state index in [0.717, 1.165) is 54.3 Å². The summed E-state index contributed by atoms with van der Waals surface area (Å²) in [5.74, 6) is 3.82. The number of hydrogen-bond donors (Lipinski definition) is 0. The monoisotopic (exact) mass is 462 g/mol. The zero-order chi connectivity index (χ0) is 24.4. The van der Waals surface area contributed by atoms with Crippen molar-refractivity contribution >= 4 is 5.78 Å². The molecule has 0 spiro atoms. The molecule has 0 unspecified atom stereocenters. The van der Waals surface area contributed by atoms with Crippen LogP contribution in [0.3, 0.4) is 0 Å². The Kier molecular flexibility index (Phi) is 7.34. The quantitative estimate of drug-likeness (QED) is 0.329. The van der Waals surface area contributed by atoms with Crippen LogP contribution in [0.1, 0.15) is 93.6 Å². The van der Waals surface area contributed by atoms with Crippen LogP contribution in [0.2, 0.25) is 0 Å². The molecule has 0 amide bonds. The Morgan fingerprint density at radius 2 is 1.85 bits per heavy atom. The van der Waals surface area contributed by atoms with E-state index < -0.39 is 0 Å². The van der Waals surface area contributed by atoms with Crippen LogP contribution in [0.4, 0.5) is 0 Å². The number of aryl methyl sites for hydroxylation is 2. The van der Waals surface area contributed by atoms with E-state index in [1.807, 2.05) is 6.07 Å². The predicted molar refractivity (Wildman–Crippen MR) is 134 cm³/mol. The highest BCUT2D eigenvalue weighted by Crippen LogP contribution is 2.42. The van der Waals surface area contributed by atoms with Crippen LogP contribution in [0.25, 0.3) is 11.5 Å². The maximum atomic E-state index is 13.2. The molecule has 1 atom stereocenters. The normalized spacial score (nSPS) is 14.8. The van der Waals surface area contributed by atoms with Crippen molar-refractivity contribution in [1.29, 1.82) is 0 Å². The fourth-order valence-electron chi connectivity index (χ4n) is 4.82. The van der Waals surface area contributed by atoms with Gasteiger partial charge in [-0.25, -0.2) is 0 Å². The number of hydrogen-bond acceptors (Lipinski definition) is 5. The highest BCUT2D eigenvalue weighted by atomic mass is 16.5. The molecule has 0 radical (unpaired) electrons. The fourth-order valence-corrected chi connectivity index (χ4v) is 4.82. The molecule has 0 aliphatic heterocycles. The van der Waals surface area contributed by atoms with Crippen molar-refractivity contribution in [1.82, 2.24) is 19.9 Å². The first-order valence-corrected chi connectivity index (χ1v) is 12.7. The number of aromatic nitrogens is 4. The molecule has 4 rings (SSSR count). The van der Waals surface area contributed by atoms with E-state index in [0.29, 0.717) is 30.7 Å². The summed E-state index contributed by atoms with van der Waals surface area (Å²) in [5, 5.41) is 13.5. The Morgan fingerprint density at radius 3 is 2.50 bits per heavy atom. The number of nitrogens with zero attached hydrogens (tertiary/aromatic N) is 4. The van der Waals surface area contributed by atoms with E-state index in [2.05, 4.69) is 79.7 Å². The molecule has 6 nitrogen and oxygen atoms in total. The van der Waals surface area contributed by atoms with E-state index in [-0.39, 0.29) is 11.7 Å². The predicted octanol–water partition coefficient (Wildman–Crippen LogP) is 6.41. The Bertz CT molecular complexity index is 1140. The minimum atomic E-state index is 0.0436. The molecule has 182 valence electrons. The van der Waals surface area contributed by atoms with Gasteiger partial charge in [-0.3, -0.25) is 4.79 Å². The van der Waals surface area contributed by atoms with Crippen molar-refractivity contribution in [3.05, 3.63) is 52.5 Å². The van der Waals surface area contributed by atoms with Crippen molar-refractivity contribution in [2.75, 3.05) is 0 Å². The lowest BCUT2D eigenvalue weighted by Crippen LogP contribution is -2.17. The van der Waals surface area contributed by atoms with Gasteiger partial charge in [0.25, 0.3) is 0 Å². The summed E-state index contributed by atoms with van der Waals surface area (Å²) in [5.41, 5.74) is 4.26. The summed E-state index contributed by atoms with van der Waals surface area (Å²) in [4.78, 5) is 13.2. The van der Waals surface area contributed by atoms with Gasteiger partial charge in [0, 0.05) is 37.3 Å². The van der Waals surface area contributed by atoms with Gasteiger partial charge in [0.05, 0.1) is 0 Å². The van der Waals surface area contributed by atoms with Crippen LogP contribution in [0.15, 0.2) is 28.8 Å². The highest BCUT2D eigenvalue weighted by molar-refractivity contribution is 5.82. The Morgan fingerprint density at radius 1 is 1.09 bits per heavy atom. The van der Waals surface area contributed by atoms with Crippen molar-refractivity contribution in [3.63, 3.8) is 0 Å². The summed E-state index contributed by atoms with van der Waals surface area (Å²) >= 11 is 0. The zero-order valence-electron chi connectivity index (χ0n) is 21.5. The van der Waals surface area contributed by atoms with E-state index >= 15 is 0 Å². The molecular formula is C28H38N4O2. The van der Waals surface area contributed by atoms with Gasteiger partial charge in [-0.05, 0) is 56.1 Å². The first kappa shape index (κ1) is 24.4. The summed E-state index contributed by atoms with van der Waals surface area (Å²) in [7, 11) is 0. The first-order valence-electron chi connectivity index (χ1n) is 12.7. The third kappa shape index (κ3) is 5.83. The van der Waals surface area contributed by atoms with Crippen molar-refractivity contribution in [2.45, 2.75) is 92.0 Å². The third-order valence-electron chi connectivity index (χ3n) is 6.51. The molecule has 1 aliphatic carbocycles. The molecule has 6 heteroatoms. The zero-order valence-corrected chi connectivity index (χ0v) is 21.5. The van der Waals surface area contributed by atoms with Crippen LogP contribution in [-0.2, 0) is 17.6 Å². The molecule has 0 bridgehead atoms. The molecule has 1 saturated carbocycles. The maximum Gasteiger partial charge on any atom is 0.186 e. The lowest BCUT2D eigenvalue weighted by Gasteiger charge is -2.20. The second-order valence-electron chi connectivity index (χ2n) is 10.9. The van der Waals surface area contributed by atoms with Gasteiger partial charge in [0.2, 0.25) is 0 Å². The van der Waals surface area contributed by atoms with Crippen LogP contribution in [0.5, 0.6) is 0 Å². The first-order chi connectivity index (χ1) is 16.2. The standard InChI is InChI=1S/C28H38N4O2/c1-17(2)11-22(15-24(33)14-21-8-7-19(5)13-20(21)6)27-29-30-28(32(27)23-9-10-23)26-16-25(34-31-26)12-18(3)4/h7-8,13,16-18,22-23H,9-12,14-15H2,1-6H3/t22-/m0/s1.